The average molecular weight is 607 g/mol. The third-order valence-corrected chi connectivity index (χ3v) is 8.14. The van der Waals surface area contributed by atoms with Crippen LogP contribution in [0.2, 0.25) is 0 Å². The standard InChI is InChI=1S/C33H67O7P/c1-3-5-7-9-11-13-14-15-16-17-18-19-21-23-25-27-29-38-30-32(31-39-41(35,36)37)40-33(34)28-26-24-22-20-12-10-8-6-4-2/h32H,3-31H2,1-2H3,(H2,35,36,37)/t32-/m1/s1. The van der Waals surface area contributed by atoms with E-state index in [1.54, 1.807) is 0 Å². The van der Waals surface area contributed by atoms with Gasteiger partial charge in [-0.1, -0.05) is 162 Å². The van der Waals surface area contributed by atoms with Gasteiger partial charge in [0.2, 0.25) is 0 Å². The van der Waals surface area contributed by atoms with E-state index in [1.165, 1.54) is 128 Å². The van der Waals surface area contributed by atoms with Crippen molar-refractivity contribution in [1.29, 1.82) is 0 Å². The number of unbranched alkanes of at least 4 members (excludes halogenated alkanes) is 23. The summed E-state index contributed by atoms with van der Waals surface area (Å²) in [6.45, 7) is 4.75. The van der Waals surface area contributed by atoms with Crippen molar-refractivity contribution in [1.82, 2.24) is 0 Å². The predicted octanol–water partition coefficient (Wildman–Crippen LogP) is 10.2. The van der Waals surface area contributed by atoms with Crippen LogP contribution in [0.15, 0.2) is 0 Å². The summed E-state index contributed by atoms with van der Waals surface area (Å²) in [6, 6.07) is 0. The number of hydrogen-bond donors (Lipinski definition) is 2. The van der Waals surface area contributed by atoms with Gasteiger partial charge in [-0.2, -0.15) is 0 Å². The van der Waals surface area contributed by atoms with Crippen molar-refractivity contribution >= 4 is 13.8 Å². The summed E-state index contributed by atoms with van der Waals surface area (Å²) in [5.41, 5.74) is 0. The largest absolute Gasteiger partial charge is 0.469 e. The summed E-state index contributed by atoms with van der Waals surface area (Å²) in [5.74, 6) is -0.363. The zero-order valence-corrected chi connectivity index (χ0v) is 27.9. The Kier molecular flexibility index (Phi) is 30.6. The van der Waals surface area contributed by atoms with Crippen LogP contribution in [0.3, 0.4) is 0 Å². The van der Waals surface area contributed by atoms with Crippen LogP contribution in [0.1, 0.15) is 181 Å². The highest BCUT2D eigenvalue weighted by atomic mass is 31.2. The molecule has 0 heterocycles. The molecule has 0 spiro atoms. The molecule has 0 bridgehead atoms. The summed E-state index contributed by atoms with van der Waals surface area (Å²) in [5, 5.41) is 0. The van der Waals surface area contributed by atoms with Crippen molar-refractivity contribution in [3.8, 4) is 0 Å². The molecule has 0 aromatic heterocycles. The van der Waals surface area contributed by atoms with E-state index in [0.29, 0.717) is 13.0 Å². The second-order valence-corrected chi connectivity index (χ2v) is 13.1. The maximum absolute atomic E-state index is 12.2. The van der Waals surface area contributed by atoms with E-state index in [2.05, 4.69) is 18.4 Å². The Hall–Kier alpha value is -0.460. The Morgan fingerprint density at radius 3 is 1.32 bits per heavy atom. The van der Waals surface area contributed by atoms with Gasteiger partial charge in [0.1, 0.15) is 6.10 Å². The molecule has 246 valence electrons. The second kappa shape index (κ2) is 31.0. The van der Waals surface area contributed by atoms with Crippen molar-refractivity contribution in [3.63, 3.8) is 0 Å². The van der Waals surface area contributed by atoms with Crippen molar-refractivity contribution in [3.05, 3.63) is 0 Å². The van der Waals surface area contributed by atoms with E-state index in [0.717, 1.165) is 32.1 Å². The van der Waals surface area contributed by atoms with Gasteiger partial charge in [0.25, 0.3) is 0 Å². The van der Waals surface area contributed by atoms with Crippen LogP contribution in [0.5, 0.6) is 0 Å². The van der Waals surface area contributed by atoms with Crippen LogP contribution in [0.25, 0.3) is 0 Å². The monoisotopic (exact) mass is 606 g/mol. The second-order valence-electron chi connectivity index (χ2n) is 11.9. The molecule has 0 saturated carbocycles. The van der Waals surface area contributed by atoms with E-state index >= 15 is 0 Å². The minimum absolute atomic E-state index is 0.0856. The lowest BCUT2D eigenvalue weighted by Gasteiger charge is -2.18. The molecular formula is C33H67O7P. The third kappa shape index (κ3) is 33.9. The van der Waals surface area contributed by atoms with Gasteiger partial charge >= 0.3 is 13.8 Å². The minimum atomic E-state index is -4.63. The zero-order chi connectivity index (χ0) is 30.3. The molecule has 0 aliphatic heterocycles. The highest BCUT2D eigenvalue weighted by Crippen LogP contribution is 2.35. The molecule has 0 fully saturated rings. The Morgan fingerprint density at radius 1 is 0.561 bits per heavy atom. The first kappa shape index (κ1) is 40.5. The summed E-state index contributed by atoms with van der Waals surface area (Å²) in [7, 11) is -4.63. The molecular weight excluding hydrogens is 539 g/mol. The van der Waals surface area contributed by atoms with Crippen LogP contribution >= 0.6 is 7.82 Å². The topological polar surface area (TPSA) is 102 Å². The highest BCUT2D eigenvalue weighted by molar-refractivity contribution is 7.46. The smallest absolute Gasteiger partial charge is 0.457 e. The zero-order valence-electron chi connectivity index (χ0n) is 27.0. The van der Waals surface area contributed by atoms with Crippen molar-refractivity contribution in [2.24, 2.45) is 0 Å². The van der Waals surface area contributed by atoms with Gasteiger partial charge in [0.05, 0.1) is 13.2 Å². The first-order chi connectivity index (χ1) is 19.9. The lowest BCUT2D eigenvalue weighted by molar-refractivity contribution is -0.154. The Morgan fingerprint density at radius 2 is 0.927 bits per heavy atom. The van der Waals surface area contributed by atoms with Gasteiger partial charge in [-0.25, -0.2) is 4.57 Å². The Balaban J connectivity index is 3.77. The van der Waals surface area contributed by atoms with Crippen LogP contribution in [0, 0.1) is 0 Å². The van der Waals surface area contributed by atoms with Gasteiger partial charge in [-0.15, -0.1) is 0 Å². The van der Waals surface area contributed by atoms with Gasteiger partial charge in [-0.05, 0) is 12.8 Å². The van der Waals surface area contributed by atoms with Gasteiger partial charge in [0.15, 0.2) is 0 Å². The van der Waals surface area contributed by atoms with Crippen LogP contribution < -0.4 is 0 Å². The molecule has 8 heteroatoms. The fraction of sp³-hybridized carbons (Fsp3) is 0.970. The first-order valence-electron chi connectivity index (χ1n) is 17.4. The molecule has 1 atom stereocenters. The molecule has 0 aliphatic rings. The van der Waals surface area contributed by atoms with Gasteiger partial charge in [-0.3, -0.25) is 9.32 Å². The third-order valence-electron chi connectivity index (χ3n) is 7.66. The SMILES string of the molecule is CCCCCCCCCCCCCCCCCCOC[C@H](COP(=O)(O)O)OC(=O)CCCCCCCCCCC. The molecule has 0 aromatic rings. The molecule has 0 aliphatic carbocycles. The molecule has 0 unspecified atom stereocenters. The molecule has 2 N–H and O–H groups in total. The summed E-state index contributed by atoms with van der Waals surface area (Å²) in [4.78, 5) is 30.3. The minimum Gasteiger partial charge on any atom is -0.457 e. The van der Waals surface area contributed by atoms with Gasteiger partial charge in [0, 0.05) is 13.0 Å². The lowest BCUT2D eigenvalue weighted by atomic mass is 10.0. The first-order valence-corrected chi connectivity index (χ1v) is 18.9. The molecule has 0 saturated heterocycles. The maximum Gasteiger partial charge on any atom is 0.469 e. The summed E-state index contributed by atoms with van der Waals surface area (Å²) >= 11 is 0. The van der Waals surface area contributed by atoms with Crippen LogP contribution in [0.4, 0.5) is 0 Å². The normalized spacial score (nSPS) is 12.6. The van der Waals surface area contributed by atoms with E-state index in [1.807, 2.05) is 0 Å². The number of esters is 1. The van der Waals surface area contributed by atoms with Gasteiger partial charge < -0.3 is 19.3 Å². The number of phosphoric ester groups is 1. The number of phosphoric acid groups is 1. The predicted molar refractivity (Wildman–Crippen MR) is 170 cm³/mol. The lowest BCUT2D eigenvalue weighted by Crippen LogP contribution is -2.28. The highest BCUT2D eigenvalue weighted by Gasteiger charge is 2.21. The maximum atomic E-state index is 12.2. The van der Waals surface area contributed by atoms with Crippen molar-refractivity contribution in [2.75, 3.05) is 19.8 Å². The Labute approximate surface area is 253 Å². The number of carbonyl (C=O) groups excluding carboxylic acids is 1. The van der Waals surface area contributed by atoms with E-state index < -0.39 is 13.9 Å². The summed E-state index contributed by atoms with van der Waals surface area (Å²) < 4.78 is 26.8. The van der Waals surface area contributed by atoms with E-state index in [-0.39, 0.29) is 19.2 Å². The van der Waals surface area contributed by atoms with Crippen molar-refractivity contribution < 1.29 is 33.1 Å². The number of hydrogen-bond acceptors (Lipinski definition) is 5. The van der Waals surface area contributed by atoms with Crippen LogP contribution in [-0.4, -0.2) is 41.7 Å². The fourth-order valence-electron chi connectivity index (χ4n) is 5.09. The molecule has 7 nitrogen and oxygen atoms in total. The molecule has 0 amide bonds. The Bertz CT molecular complexity index is 596. The molecule has 41 heavy (non-hydrogen) atoms. The van der Waals surface area contributed by atoms with Crippen molar-refractivity contribution in [2.45, 2.75) is 187 Å². The molecule has 0 rings (SSSR count). The van der Waals surface area contributed by atoms with Crippen LogP contribution in [-0.2, 0) is 23.4 Å². The fourth-order valence-corrected chi connectivity index (χ4v) is 5.45. The molecule has 0 radical (unpaired) electrons. The molecule has 0 aromatic carbocycles. The quantitative estimate of drug-likeness (QED) is 0.0435. The number of ether oxygens (including phenoxy) is 2. The summed E-state index contributed by atoms with van der Waals surface area (Å²) in [6.07, 6.45) is 31.0. The average Bonchev–Trinajstić information content (AvgIpc) is 2.93. The van der Waals surface area contributed by atoms with E-state index in [9.17, 15) is 9.36 Å². The number of rotatable bonds is 33. The van der Waals surface area contributed by atoms with E-state index in [4.69, 9.17) is 19.3 Å². The number of carbonyl (C=O) groups is 1.